The quantitative estimate of drug-likeness (QED) is 0.641. The van der Waals surface area contributed by atoms with Crippen LogP contribution in [0.4, 0.5) is 5.69 Å². The molecule has 0 spiro atoms. The number of aryl methyl sites for hydroxylation is 1. The van der Waals surface area contributed by atoms with Crippen LogP contribution < -0.4 is 0 Å². The Morgan fingerprint density at radius 1 is 1.52 bits per heavy atom. The van der Waals surface area contributed by atoms with E-state index >= 15 is 0 Å². The molecule has 0 fully saturated rings. The highest BCUT2D eigenvalue weighted by atomic mass is 35.5. The fraction of sp³-hybridized carbons (Fsp3) is 0.231. The van der Waals surface area contributed by atoms with Crippen molar-refractivity contribution in [1.29, 1.82) is 0 Å². The first kappa shape index (κ1) is 15.0. The van der Waals surface area contributed by atoms with Gasteiger partial charge in [-0.05, 0) is 12.1 Å². The molecule has 2 rings (SSSR count). The molecule has 0 saturated heterocycles. The summed E-state index contributed by atoms with van der Waals surface area (Å²) in [5.74, 6) is 0.197. The summed E-state index contributed by atoms with van der Waals surface area (Å²) in [6, 6.07) is 4.29. The maximum atomic E-state index is 12.4. The minimum atomic E-state index is -0.649. The molecule has 21 heavy (non-hydrogen) atoms. The van der Waals surface area contributed by atoms with Crippen molar-refractivity contribution in [2.75, 3.05) is 7.05 Å². The predicted molar refractivity (Wildman–Crippen MR) is 77.1 cm³/mol. The van der Waals surface area contributed by atoms with Crippen LogP contribution in [0.25, 0.3) is 0 Å². The summed E-state index contributed by atoms with van der Waals surface area (Å²) in [6.07, 6.45) is 3.38. The summed E-state index contributed by atoms with van der Waals surface area (Å²) in [4.78, 5) is 28.3. The van der Waals surface area contributed by atoms with E-state index < -0.39 is 10.8 Å². The predicted octanol–water partition coefficient (Wildman–Crippen LogP) is 2.25. The zero-order valence-electron chi connectivity index (χ0n) is 11.5. The molecule has 0 aliphatic rings. The van der Waals surface area contributed by atoms with Crippen molar-refractivity contribution in [3.05, 3.63) is 57.1 Å². The third-order valence-corrected chi connectivity index (χ3v) is 3.35. The number of aromatic nitrogens is 2. The summed E-state index contributed by atoms with van der Waals surface area (Å²) in [5.41, 5.74) is -0.417. The van der Waals surface area contributed by atoms with E-state index in [1.807, 2.05) is 7.05 Å². The average Bonchev–Trinajstić information content (AvgIpc) is 2.82. The van der Waals surface area contributed by atoms with E-state index in [2.05, 4.69) is 4.98 Å². The number of carbonyl (C=O) groups excluding carboxylic acids is 1. The second-order valence-electron chi connectivity index (χ2n) is 4.51. The number of hydrogen-bond acceptors (Lipinski definition) is 4. The van der Waals surface area contributed by atoms with E-state index in [0.29, 0.717) is 5.82 Å². The largest absolute Gasteiger partial charge is 0.337 e. The Kier molecular flexibility index (Phi) is 4.23. The molecule has 0 aliphatic heterocycles. The Balaban J connectivity index is 2.30. The lowest BCUT2D eigenvalue weighted by molar-refractivity contribution is -0.385. The number of nitro groups is 1. The lowest BCUT2D eigenvalue weighted by Gasteiger charge is -2.17. The minimum Gasteiger partial charge on any atom is -0.337 e. The van der Waals surface area contributed by atoms with Gasteiger partial charge in [0.1, 0.15) is 16.4 Å². The Bertz CT molecular complexity index is 698. The van der Waals surface area contributed by atoms with Crippen molar-refractivity contribution < 1.29 is 9.72 Å². The van der Waals surface area contributed by atoms with Gasteiger partial charge in [0.25, 0.3) is 5.91 Å². The van der Waals surface area contributed by atoms with E-state index in [0.717, 1.165) is 0 Å². The minimum absolute atomic E-state index is 0.0378. The van der Waals surface area contributed by atoms with Crippen molar-refractivity contribution in [3.8, 4) is 0 Å². The highest BCUT2D eigenvalue weighted by Crippen LogP contribution is 2.29. The molecule has 2 aromatic rings. The number of rotatable bonds is 4. The van der Waals surface area contributed by atoms with E-state index in [9.17, 15) is 14.9 Å². The van der Waals surface area contributed by atoms with Crippen molar-refractivity contribution >= 4 is 23.2 Å². The van der Waals surface area contributed by atoms with Gasteiger partial charge in [0.05, 0.1) is 11.5 Å². The van der Waals surface area contributed by atoms with Crippen molar-refractivity contribution in [1.82, 2.24) is 14.5 Å². The van der Waals surface area contributed by atoms with E-state index in [1.165, 1.54) is 23.1 Å². The molecule has 0 atom stereocenters. The highest BCUT2D eigenvalue weighted by molar-refractivity contribution is 6.33. The number of benzene rings is 1. The average molecular weight is 309 g/mol. The molecule has 110 valence electrons. The topological polar surface area (TPSA) is 81.3 Å². The fourth-order valence-corrected chi connectivity index (χ4v) is 2.16. The van der Waals surface area contributed by atoms with Crippen molar-refractivity contribution in [2.45, 2.75) is 6.54 Å². The van der Waals surface area contributed by atoms with Crippen LogP contribution in [0.5, 0.6) is 0 Å². The van der Waals surface area contributed by atoms with Crippen LogP contribution in [0, 0.1) is 10.1 Å². The summed E-state index contributed by atoms with van der Waals surface area (Å²) in [6.45, 7) is 0.242. The molecular weight excluding hydrogens is 296 g/mol. The molecule has 1 amide bonds. The van der Waals surface area contributed by atoms with Gasteiger partial charge in [-0.1, -0.05) is 17.7 Å². The SMILES string of the molecule is CN(Cc1nccn1C)C(=O)c1cccc(Cl)c1[N+](=O)[O-]. The summed E-state index contributed by atoms with van der Waals surface area (Å²) < 4.78 is 1.77. The van der Waals surface area contributed by atoms with Gasteiger partial charge in [0.15, 0.2) is 0 Å². The number of hydrogen-bond donors (Lipinski definition) is 0. The van der Waals surface area contributed by atoms with Crippen LogP contribution in [0.2, 0.25) is 5.02 Å². The summed E-state index contributed by atoms with van der Waals surface area (Å²) in [5, 5.41) is 11.0. The molecule has 1 aromatic carbocycles. The number of carbonyl (C=O) groups is 1. The van der Waals surface area contributed by atoms with Gasteiger partial charge in [-0.2, -0.15) is 0 Å². The molecule has 0 aliphatic carbocycles. The third-order valence-electron chi connectivity index (χ3n) is 3.05. The van der Waals surface area contributed by atoms with Crippen molar-refractivity contribution in [2.24, 2.45) is 7.05 Å². The zero-order valence-corrected chi connectivity index (χ0v) is 12.2. The molecule has 7 nitrogen and oxygen atoms in total. The number of halogens is 1. The Morgan fingerprint density at radius 2 is 2.24 bits per heavy atom. The molecule has 8 heteroatoms. The van der Waals surface area contributed by atoms with Gasteiger partial charge in [0.2, 0.25) is 0 Å². The summed E-state index contributed by atoms with van der Waals surface area (Å²) >= 11 is 5.81. The van der Waals surface area contributed by atoms with Gasteiger partial charge in [-0.15, -0.1) is 0 Å². The van der Waals surface area contributed by atoms with Crippen LogP contribution in [0.3, 0.4) is 0 Å². The number of para-hydroxylation sites is 1. The molecular formula is C13H13ClN4O3. The Morgan fingerprint density at radius 3 is 2.81 bits per heavy atom. The van der Waals surface area contributed by atoms with Gasteiger partial charge in [0, 0.05) is 26.5 Å². The maximum absolute atomic E-state index is 12.4. The third kappa shape index (κ3) is 3.03. The van der Waals surface area contributed by atoms with E-state index in [-0.39, 0.29) is 22.8 Å². The molecule has 0 saturated carbocycles. The Hall–Kier alpha value is -2.41. The van der Waals surface area contributed by atoms with E-state index in [4.69, 9.17) is 11.6 Å². The fourth-order valence-electron chi connectivity index (χ4n) is 1.91. The first-order valence-corrected chi connectivity index (χ1v) is 6.44. The first-order valence-electron chi connectivity index (χ1n) is 6.06. The molecule has 1 aromatic heterocycles. The zero-order chi connectivity index (χ0) is 15.6. The molecule has 1 heterocycles. The lowest BCUT2D eigenvalue weighted by Crippen LogP contribution is -2.28. The van der Waals surface area contributed by atoms with Gasteiger partial charge < -0.3 is 9.47 Å². The molecule has 0 unspecified atom stereocenters. The summed E-state index contributed by atoms with van der Waals surface area (Å²) in [7, 11) is 3.37. The van der Waals surface area contributed by atoms with Gasteiger partial charge in [-0.25, -0.2) is 4.98 Å². The lowest BCUT2D eigenvalue weighted by atomic mass is 10.1. The monoisotopic (exact) mass is 308 g/mol. The number of imidazole rings is 1. The number of nitro benzene ring substituents is 1. The van der Waals surface area contributed by atoms with Gasteiger partial charge >= 0.3 is 5.69 Å². The van der Waals surface area contributed by atoms with Crippen LogP contribution in [0.1, 0.15) is 16.2 Å². The van der Waals surface area contributed by atoms with Crippen LogP contribution in [-0.4, -0.2) is 32.3 Å². The standard InChI is InChI=1S/C13H13ClN4O3/c1-16-7-6-15-11(16)8-17(2)13(19)9-4-3-5-10(14)12(9)18(20)21/h3-7H,8H2,1-2H3. The van der Waals surface area contributed by atoms with E-state index in [1.54, 1.807) is 24.0 Å². The highest BCUT2D eigenvalue weighted by Gasteiger charge is 2.26. The molecule has 0 bridgehead atoms. The smallest absolute Gasteiger partial charge is 0.300 e. The number of amides is 1. The second kappa shape index (κ2) is 5.92. The van der Waals surface area contributed by atoms with Crippen LogP contribution >= 0.6 is 11.6 Å². The Labute approximate surface area is 125 Å². The second-order valence-corrected chi connectivity index (χ2v) is 4.92. The number of nitrogens with zero attached hydrogens (tertiary/aromatic N) is 4. The van der Waals surface area contributed by atoms with Crippen LogP contribution in [0.15, 0.2) is 30.6 Å². The van der Waals surface area contributed by atoms with Gasteiger partial charge in [-0.3, -0.25) is 14.9 Å². The van der Waals surface area contributed by atoms with Crippen LogP contribution in [-0.2, 0) is 13.6 Å². The normalized spacial score (nSPS) is 10.4. The van der Waals surface area contributed by atoms with Crippen molar-refractivity contribution in [3.63, 3.8) is 0 Å². The molecule has 0 N–H and O–H groups in total. The maximum Gasteiger partial charge on any atom is 0.300 e. The molecule has 0 radical (unpaired) electrons. The first-order chi connectivity index (χ1) is 9.91.